The molecule has 1 saturated heterocycles. The molecule has 30 heavy (non-hydrogen) atoms. The molecule has 0 saturated carbocycles. The molecular weight excluding hydrogens is 376 g/mol. The summed E-state index contributed by atoms with van der Waals surface area (Å²) in [6.07, 6.45) is 0.831. The number of carbonyl (C=O) groups excluding carboxylic acids is 2. The van der Waals surface area contributed by atoms with E-state index in [1.165, 1.54) is 0 Å². The van der Waals surface area contributed by atoms with Crippen LogP contribution in [0.15, 0.2) is 66.7 Å². The third-order valence-corrected chi connectivity index (χ3v) is 5.36. The van der Waals surface area contributed by atoms with E-state index in [2.05, 4.69) is 10.2 Å². The Morgan fingerprint density at radius 3 is 2.33 bits per heavy atom. The summed E-state index contributed by atoms with van der Waals surface area (Å²) in [5, 5.41) is 2.99. The summed E-state index contributed by atoms with van der Waals surface area (Å²) in [4.78, 5) is 25.9. The summed E-state index contributed by atoms with van der Waals surface area (Å²) < 4.78 is 5.39. The van der Waals surface area contributed by atoms with E-state index in [1.54, 1.807) is 12.1 Å². The molecule has 4 rings (SSSR count). The minimum absolute atomic E-state index is 0.144. The summed E-state index contributed by atoms with van der Waals surface area (Å²) in [5.41, 5.74) is 6.22. The summed E-state index contributed by atoms with van der Waals surface area (Å²) in [5.74, 6) is -0.144. The first-order valence-electron chi connectivity index (χ1n) is 10.0. The van der Waals surface area contributed by atoms with Gasteiger partial charge in [-0.25, -0.2) is 0 Å². The van der Waals surface area contributed by atoms with Crippen molar-refractivity contribution in [3.05, 3.63) is 83.4 Å². The average molecular weight is 400 g/mol. The predicted molar refractivity (Wildman–Crippen MR) is 119 cm³/mol. The van der Waals surface area contributed by atoms with Gasteiger partial charge in [0.2, 0.25) is 0 Å². The van der Waals surface area contributed by atoms with Crippen molar-refractivity contribution in [2.75, 3.05) is 36.5 Å². The number of rotatable bonds is 5. The number of amides is 1. The second-order valence-electron chi connectivity index (χ2n) is 7.37. The van der Waals surface area contributed by atoms with Gasteiger partial charge in [-0.1, -0.05) is 30.3 Å². The molecule has 0 radical (unpaired) electrons. The largest absolute Gasteiger partial charge is 0.378 e. The highest BCUT2D eigenvalue weighted by Crippen LogP contribution is 2.27. The summed E-state index contributed by atoms with van der Waals surface area (Å²) in [6.45, 7) is 5.22. The molecule has 3 aromatic rings. The zero-order valence-electron chi connectivity index (χ0n) is 16.9. The number of anilines is 2. The van der Waals surface area contributed by atoms with Crippen molar-refractivity contribution < 1.29 is 14.3 Å². The van der Waals surface area contributed by atoms with Crippen molar-refractivity contribution in [1.29, 1.82) is 0 Å². The van der Waals surface area contributed by atoms with Crippen LogP contribution in [0.1, 0.15) is 26.3 Å². The molecule has 1 fully saturated rings. The Labute approximate surface area is 176 Å². The van der Waals surface area contributed by atoms with E-state index in [9.17, 15) is 9.59 Å². The van der Waals surface area contributed by atoms with Crippen molar-refractivity contribution in [3.8, 4) is 11.1 Å². The number of carbonyl (C=O) groups is 2. The standard InChI is InChI=1S/C25H24N2O3/c1-18-2-9-22(16-24(18)20-5-3-19(17-28)4-6-20)26-25(29)21-7-10-23(11-8-21)27-12-14-30-15-13-27/h2-11,16-17H,12-15H2,1H3,(H,26,29). The number of aryl methyl sites for hydroxylation is 1. The van der Waals surface area contributed by atoms with Crippen molar-refractivity contribution in [2.24, 2.45) is 0 Å². The van der Waals surface area contributed by atoms with Gasteiger partial charge in [0, 0.05) is 35.6 Å². The Kier molecular flexibility index (Phi) is 5.91. The molecule has 5 heteroatoms. The van der Waals surface area contributed by atoms with E-state index < -0.39 is 0 Å². The Bertz CT molecular complexity index is 1040. The van der Waals surface area contributed by atoms with Gasteiger partial charge in [-0.2, -0.15) is 0 Å². The second-order valence-corrected chi connectivity index (χ2v) is 7.37. The molecule has 1 heterocycles. The van der Waals surface area contributed by atoms with Gasteiger partial charge in [0.1, 0.15) is 6.29 Å². The lowest BCUT2D eigenvalue weighted by Gasteiger charge is -2.28. The summed E-state index contributed by atoms with van der Waals surface area (Å²) in [6, 6.07) is 21.0. The number of ether oxygens (including phenoxy) is 1. The minimum Gasteiger partial charge on any atom is -0.378 e. The first-order valence-corrected chi connectivity index (χ1v) is 10.0. The van der Waals surface area contributed by atoms with E-state index in [4.69, 9.17) is 4.74 Å². The maximum Gasteiger partial charge on any atom is 0.255 e. The third-order valence-electron chi connectivity index (χ3n) is 5.36. The molecule has 5 nitrogen and oxygen atoms in total. The molecule has 0 aliphatic carbocycles. The smallest absolute Gasteiger partial charge is 0.255 e. The third kappa shape index (κ3) is 4.42. The molecule has 3 aromatic carbocycles. The molecule has 0 spiro atoms. The highest BCUT2D eigenvalue weighted by molar-refractivity contribution is 6.04. The lowest BCUT2D eigenvalue weighted by atomic mass is 9.99. The van der Waals surface area contributed by atoms with Crippen molar-refractivity contribution in [1.82, 2.24) is 0 Å². The fraction of sp³-hybridized carbons (Fsp3) is 0.200. The van der Waals surface area contributed by atoms with Gasteiger partial charge in [0.25, 0.3) is 5.91 Å². The van der Waals surface area contributed by atoms with Crippen LogP contribution in [0, 0.1) is 6.92 Å². The van der Waals surface area contributed by atoms with Gasteiger partial charge in [-0.15, -0.1) is 0 Å². The van der Waals surface area contributed by atoms with Gasteiger partial charge in [-0.3, -0.25) is 9.59 Å². The zero-order valence-corrected chi connectivity index (χ0v) is 16.9. The van der Waals surface area contributed by atoms with Crippen LogP contribution in [0.3, 0.4) is 0 Å². The van der Waals surface area contributed by atoms with Crippen molar-refractivity contribution >= 4 is 23.6 Å². The van der Waals surface area contributed by atoms with Crippen LogP contribution in [0.5, 0.6) is 0 Å². The highest BCUT2D eigenvalue weighted by Gasteiger charge is 2.13. The number of hydrogen-bond donors (Lipinski definition) is 1. The minimum atomic E-state index is -0.144. The molecule has 0 bridgehead atoms. The fourth-order valence-electron chi connectivity index (χ4n) is 3.60. The van der Waals surface area contributed by atoms with Crippen LogP contribution in [0.2, 0.25) is 0 Å². The fourth-order valence-corrected chi connectivity index (χ4v) is 3.60. The molecule has 152 valence electrons. The molecule has 0 aromatic heterocycles. The molecule has 1 aliphatic rings. The predicted octanol–water partition coefficient (Wildman–Crippen LogP) is 4.56. The van der Waals surface area contributed by atoms with Crippen LogP contribution in [-0.2, 0) is 4.74 Å². The van der Waals surface area contributed by atoms with E-state index in [-0.39, 0.29) is 5.91 Å². The zero-order chi connectivity index (χ0) is 20.9. The Balaban J connectivity index is 1.49. The first-order chi connectivity index (χ1) is 14.6. The number of aldehydes is 1. The van der Waals surface area contributed by atoms with Crippen molar-refractivity contribution in [2.45, 2.75) is 6.92 Å². The number of benzene rings is 3. The summed E-state index contributed by atoms with van der Waals surface area (Å²) >= 11 is 0. The van der Waals surface area contributed by atoms with E-state index in [1.807, 2.05) is 61.5 Å². The number of nitrogens with one attached hydrogen (secondary N) is 1. The van der Waals surface area contributed by atoms with Crippen LogP contribution >= 0.6 is 0 Å². The van der Waals surface area contributed by atoms with Gasteiger partial charge in [0.05, 0.1) is 13.2 Å². The average Bonchev–Trinajstić information content (AvgIpc) is 2.81. The van der Waals surface area contributed by atoms with Crippen LogP contribution in [-0.4, -0.2) is 38.5 Å². The summed E-state index contributed by atoms with van der Waals surface area (Å²) in [7, 11) is 0. The van der Waals surface area contributed by atoms with E-state index in [0.29, 0.717) is 11.1 Å². The molecule has 0 atom stereocenters. The van der Waals surface area contributed by atoms with Crippen LogP contribution in [0.4, 0.5) is 11.4 Å². The second kappa shape index (κ2) is 8.93. The Morgan fingerprint density at radius 1 is 0.967 bits per heavy atom. The van der Waals surface area contributed by atoms with E-state index in [0.717, 1.165) is 60.7 Å². The SMILES string of the molecule is Cc1ccc(NC(=O)c2ccc(N3CCOCC3)cc2)cc1-c1ccc(C=O)cc1. The molecule has 1 aliphatic heterocycles. The van der Waals surface area contributed by atoms with Crippen LogP contribution < -0.4 is 10.2 Å². The molecular formula is C25H24N2O3. The number of morpholine rings is 1. The molecule has 1 N–H and O–H groups in total. The van der Waals surface area contributed by atoms with Gasteiger partial charge < -0.3 is 15.0 Å². The maximum atomic E-state index is 12.7. The van der Waals surface area contributed by atoms with Gasteiger partial charge in [-0.05, 0) is 60.0 Å². The van der Waals surface area contributed by atoms with Crippen LogP contribution in [0.25, 0.3) is 11.1 Å². The van der Waals surface area contributed by atoms with Gasteiger partial charge in [0.15, 0.2) is 0 Å². The molecule has 0 unspecified atom stereocenters. The molecule has 1 amide bonds. The topological polar surface area (TPSA) is 58.6 Å². The first kappa shape index (κ1) is 19.9. The quantitative estimate of drug-likeness (QED) is 0.638. The lowest BCUT2D eigenvalue weighted by Crippen LogP contribution is -2.36. The highest BCUT2D eigenvalue weighted by atomic mass is 16.5. The monoisotopic (exact) mass is 400 g/mol. The number of nitrogens with zero attached hydrogens (tertiary/aromatic N) is 1. The Hall–Kier alpha value is -3.44. The van der Waals surface area contributed by atoms with E-state index >= 15 is 0 Å². The van der Waals surface area contributed by atoms with Crippen molar-refractivity contribution in [3.63, 3.8) is 0 Å². The Morgan fingerprint density at radius 2 is 1.67 bits per heavy atom. The normalized spacial score (nSPS) is 13.7. The number of hydrogen-bond acceptors (Lipinski definition) is 4. The lowest BCUT2D eigenvalue weighted by molar-refractivity contribution is 0.102. The van der Waals surface area contributed by atoms with Gasteiger partial charge >= 0.3 is 0 Å². The maximum absolute atomic E-state index is 12.7.